The number of carbonyl (C=O) groups is 1. The number of ether oxygens (including phenoxy) is 1. The van der Waals surface area contributed by atoms with Crippen molar-refractivity contribution in [2.24, 2.45) is 0 Å². The first kappa shape index (κ1) is 21.0. The summed E-state index contributed by atoms with van der Waals surface area (Å²) < 4.78 is 6.57. The largest absolute Gasteiger partial charge is 0.381 e. The predicted octanol–water partition coefficient (Wildman–Crippen LogP) is 4.14. The molecule has 5 heteroatoms. The van der Waals surface area contributed by atoms with E-state index in [2.05, 4.69) is 69.6 Å². The minimum atomic E-state index is -0.477. The van der Waals surface area contributed by atoms with Gasteiger partial charge < -0.3 is 15.0 Å². The number of nitrogens with zero attached hydrogens (tertiary/aromatic N) is 1. The number of hydrogen-bond acceptors (Lipinski definition) is 3. The highest BCUT2D eigenvalue weighted by molar-refractivity contribution is 9.10. The average Bonchev–Trinajstić information content (AvgIpc) is 2.73. The summed E-state index contributed by atoms with van der Waals surface area (Å²) in [6.45, 7) is 3.82. The zero-order chi connectivity index (χ0) is 19.8. The van der Waals surface area contributed by atoms with Gasteiger partial charge in [-0.25, -0.2) is 0 Å². The Labute approximate surface area is 176 Å². The normalized spacial score (nSPS) is 16.1. The summed E-state index contributed by atoms with van der Waals surface area (Å²) in [6, 6.07) is 18.6. The second kappa shape index (κ2) is 10.2. The van der Waals surface area contributed by atoms with Gasteiger partial charge in [0.15, 0.2) is 0 Å². The van der Waals surface area contributed by atoms with Crippen molar-refractivity contribution in [3.63, 3.8) is 0 Å². The van der Waals surface area contributed by atoms with Gasteiger partial charge in [0.25, 0.3) is 0 Å². The van der Waals surface area contributed by atoms with Crippen LogP contribution < -0.4 is 5.32 Å². The minimum absolute atomic E-state index is 0.129. The van der Waals surface area contributed by atoms with Crippen LogP contribution in [0.2, 0.25) is 0 Å². The molecule has 2 aromatic rings. The van der Waals surface area contributed by atoms with Crippen molar-refractivity contribution in [3.05, 3.63) is 70.2 Å². The van der Waals surface area contributed by atoms with Crippen LogP contribution in [0.15, 0.2) is 59.1 Å². The highest BCUT2D eigenvalue weighted by atomic mass is 79.9. The van der Waals surface area contributed by atoms with E-state index in [1.165, 1.54) is 5.56 Å². The minimum Gasteiger partial charge on any atom is -0.381 e. The van der Waals surface area contributed by atoms with Crippen LogP contribution in [-0.2, 0) is 21.5 Å². The summed E-state index contributed by atoms with van der Waals surface area (Å²) in [5.41, 5.74) is 1.91. The molecule has 28 heavy (non-hydrogen) atoms. The summed E-state index contributed by atoms with van der Waals surface area (Å²) in [6.07, 6.45) is 2.39. The lowest BCUT2D eigenvalue weighted by Crippen LogP contribution is -2.48. The van der Waals surface area contributed by atoms with Gasteiger partial charge in [0.1, 0.15) is 0 Å². The maximum absolute atomic E-state index is 13.1. The monoisotopic (exact) mass is 444 g/mol. The van der Waals surface area contributed by atoms with E-state index in [-0.39, 0.29) is 5.91 Å². The lowest BCUT2D eigenvalue weighted by Gasteiger charge is -2.36. The van der Waals surface area contributed by atoms with E-state index in [1.54, 1.807) is 0 Å². The molecule has 0 aliphatic carbocycles. The smallest absolute Gasteiger partial charge is 0.230 e. The predicted molar refractivity (Wildman–Crippen MR) is 116 cm³/mol. The Morgan fingerprint density at radius 3 is 2.46 bits per heavy atom. The van der Waals surface area contributed by atoms with E-state index in [1.807, 2.05) is 18.2 Å². The van der Waals surface area contributed by atoms with Gasteiger partial charge in [-0.15, -0.1) is 0 Å². The summed E-state index contributed by atoms with van der Waals surface area (Å²) >= 11 is 3.48. The lowest BCUT2D eigenvalue weighted by molar-refractivity contribution is -0.130. The highest BCUT2D eigenvalue weighted by Crippen LogP contribution is 2.35. The second-order valence-corrected chi connectivity index (χ2v) is 8.45. The molecule has 0 atom stereocenters. The van der Waals surface area contributed by atoms with E-state index < -0.39 is 5.41 Å². The lowest BCUT2D eigenvalue weighted by atomic mass is 9.73. The van der Waals surface area contributed by atoms with Crippen LogP contribution in [0, 0.1) is 0 Å². The van der Waals surface area contributed by atoms with Crippen molar-refractivity contribution in [1.29, 1.82) is 0 Å². The summed E-state index contributed by atoms with van der Waals surface area (Å²) in [4.78, 5) is 15.4. The third-order valence-corrected chi connectivity index (χ3v) is 6.00. The standard InChI is InChI=1S/C23H29BrN2O2/c1-26(18-19-6-3-2-4-7-19)15-5-14-25-22(27)23(12-16-28-17-13-23)20-8-10-21(24)11-9-20/h2-4,6-11H,5,12-18H2,1H3,(H,25,27). The number of nitrogens with one attached hydrogen (secondary N) is 1. The molecule has 0 aromatic heterocycles. The molecule has 2 aromatic carbocycles. The Morgan fingerprint density at radius 1 is 1.11 bits per heavy atom. The van der Waals surface area contributed by atoms with Gasteiger partial charge in [-0.1, -0.05) is 58.4 Å². The van der Waals surface area contributed by atoms with Crippen LogP contribution in [-0.4, -0.2) is 44.2 Å². The molecule has 1 heterocycles. The molecular formula is C23H29BrN2O2. The second-order valence-electron chi connectivity index (χ2n) is 7.53. The number of rotatable bonds is 8. The molecule has 0 spiro atoms. The van der Waals surface area contributed by atoms with Gasteiger partial charge in [0.05, 0.1) is 5.41 Å². The highest BCUT2D eigenvalue weighted by Gasteiger charge is 2.41. The quantitative estimate of drug-likeness (QED) is 0.622. The van der Waals surface area contributed by atoms with Crippen LogP contribution in [0.4, 0.5) is 0 Å². The van der Waals surface area contributed by atoms with E-state index >= 15 is 0 Å². The topological polar surface area (TPSA) is 41.6 Å². The Morgan fingerprint density at radius 2 is 1.79 bits per heavy atom. The van der Waals surface area contributed by atoms with Gasteiger partial charge in [-0.05, 0) is 56.1 Å². The molecule has 0 unspecified atom stereocenters. The number of benzene rings is 2. The molecule has 0 radical (unpaired) electrons. The van der Waals surface area contributed by atoms with Gasteiger partial charge in [0, 0.05) is 30.8 Å². The zero-order valence-electron chi connectivity index (χ0n) is 16.5. The molecule has 4 nitrogen and oxygen atoms in total. The fraction of sp³-hybridized carbons (Fsp3) is 0.435. The van der Waals surface area contributed by atoms with E-state index in [9.17, 15) is 4.79 Å². The van der Waals surface area contributed by atoms with Crippen molar-refractivity contribution in [2.75, 3.05) is 33.4 Å². The molecule has 3 rings (SSSR count). The first-order valence-corrected chi connectivity index (χ1v) is 10.7. The van der Waals surface area contributed by atoms with Crippen molar-refractivity contribution in [2.45, 2.75) is 31.2 Å². The molecule has 1 saturated heterocycles. The summed E-state index contributed by atoms with van der Waals surface area (Å²) in [7, 11) is 2.12. The van der Waals surface area contributed by atoms with Crippen LogP contribution >= 0.6 is 15.9 Å². The van der Waals surface area contributed by atoms with E-state index in [4.69, 9.17) is 4.74 Å². The van der Waals surface area contributed by atoms with Crippen molar-refractivity contribution in [1.82, 2.24) is 10.2 Å². The third-order valence-electron chi connectivity index (χ3n) is 5.48. The SMILES string of the molecule is CN(CCCNC(=O)C1(c2ccc(Br)cc2)CCOCC1)Cc1ccccc1. The molecular weight excluding hydrogens is 416 g/mol. The molecule has 1 aliphatic rings. The van der Waals surface area contributed by atoms with Crippen LogP contribution in [0.5, 0.6) is 0 Å². The maximum atomic E-state index is 13.1. The Bertz CT molecular complexity index is 743. The van der Waals surface area contributed by atoms with Gasteiger partial charge in [-0.2, -0.15) is 0 Å². The summed E-state index contributed by atoms with van der Waals surface area (Å²) in [5.74, 6) is 0.129. The Hall–Kier alpha value is -1.69. The van der Waals surface area contributed by atoms with Crippen molar-refractivity contribution >= 4 is 21.8 Å². The fourth-order valence-electron chi connectivity index (χ4n) is 3.83. The number of amides is 1. The van der Waals surface area contributed by atoms with Gasteiger partial charge in [-0.3, -0.25) is 4.79 Å². The molecule has 150 valence electrons. The molecule has 1 amide bonds. The first-order chi connectivity index (χ1) is 13.6. The number of hydrogen-bond donors (Lipinski definition) is 1. The maximum Gasteiger partial charge on any atom is 0.230 e. The van der Waals surface area contributed by atoms with Crippen LogP contribution in [0.25, 0.3) is 0 Å². The van der Waals surface area contributed by atoms with Crippen molar-refractivity contribution < 1.29 is 9.53 Å². The fourth-order valence-corrected chi connectivity index (χ4v) is 4.09. The molecule has 1 aliphatic heterocycles. The zero-order valence-corrected chi connectivity index (χ0v) is 18.1. The van der Waals surface area contributed by atoms with E-state index in [0.717, 1.165) is 42.4 Å². The van der Waals surface area contributed by atoms with E-state index in [0.29, 0.717) is 19.8 Å². The summed E-state index contributed by atoms with van der Waals surface area (Å²) in [5, 5.41) is 3.19. The number of carbonyl (C=O) groups excluding carboxylic acids is 1. The molecule has 1 fully saturated rings. The van der Waals surface area contributed by atoms with Crippen molar-refractivity contribution in [3.8, 4) is 0 Å². The Balaban J connectivity index is 1.52. The first-order valence-electron chi connectivity index (χ1n) is 9.95. The van der Waals surface area contributed by atoms with Crippen LogP contribution in [0.3, 0.4) is 0 Å². The van der Waals surface area contributed by atoms with Crippen LogP contribution in [0.1, 0.15) is 30.4 Å². The molecule has 1 N–H and O–H groups in total. The van der Waals surface area contributed by atoms with Gasteiger partial charge in [0.2, 0.25) is 5.91 Å². The average molecular weight is 445 g/mol. The Kier molecular flexibility index (Phi) is 7.65. The number of halogens is 1. The van der Waals surface area contributed by atoms with Gasteiger partial charge >= 0.3 is 0 Å². The third kappa shape index (κ3) is 5.43. The molecule has 0 bridgehead atoms. The molecule has 0 saturated carbocycles.